The predicted octanol–water partition coefficient (Wildman–Crippen LogP) is 0.737. The molecular formula is C9H10ClFN2O2. The Hall–Kier alpha value is -1.17. The number of nitrogens with two attached hydrogens (primary N) is 1. The Balaban J connectivity index is 2.73. The zero-order valence-electron chi connectivity index (χ0n) is 7.71. The lowest BCUT2D eigenvalue weighted by atomic mass is 10.2. The minimum Gasteiger partial charge on any atom is -0.394 e. The maximum atomic E-state index is 12.8. The van der Waals surface area contributed by atoms with Crippen LogP contribution >= 0.6 is 11.6 Å². The van der Waals surface area contributed by atoms with E-state index in [1.54, 1.807) is 0 Å². The van der Waals surface area contributed by atoms with Gasteiger partial charge in [-0.15, -0.1) is 0 Å². The highest BCUT2D eigenvalue weighted by atomic mass is 35.5. The maximum Gasteiger partial charge on any atom is 0.243 e. The summed E-state index contributed by atoms with van der Waals surface area (Å²) in [6, 6.07) is 2.73. The van der Waals surface area contributed by atoms with E-state index in [0.717, 1.165) is 6.07 Å². The summed E-state index contributed by atoms with van der Waals surface area (Å²) < 4.78 is 12.8. The van der Waals surface area contributed by atoms with E-state index >= 15 is 0 Å². The van der Waals surface area contributed by atoms with E-state index in [2.05, 4.69) is 5.32 Å². The second kappa shape index (κ2) is 5.06. The summed E-state index contributed by atoms with van der Waals surface area (Å²) in [7, 11) is 0. The fourth-order valence-electron chi connectivity index (χ4n) is 0.892. The Morgan fingerprint density at radius 2 is 2.33 bits per heavy atom. The Bertz CT molecular complexity index is 373. The van der Waals surface area contributed by atoms with Crippen LogP contribution in [0.1, 0.15) is 0 Å². The average molecular weight is 233 g/mol. The Morgan fingerprint density at radius 1 is 1.67 bits per heavy atom. The first-order valence-electron chi connectivity index (χ1n) is 4.17. The average Bonchev–Trinajstić information content (AvgIpc) is 2.22. The number of halogens is 2. The number of anilines is 1. The number of aliphatic hydroxyl groups excluding tert-OH is 1. The van der Waals surface area contributed by atoms with Crippen LogP contribution < -0.4 is 11.1 Å². The van der Waals surface area contributed by atoms with Gasteiger partial charge >= 0.3 is 0 Å². The summed E-state index contributed by atoms with van der Waals surface area (Å²) in [4.78, 5) is 11.2. The van der Waals surface area contributed by atoms with Crippen molar-refractivity contribution in [3.8, 4) is 0 Å². The molecule has 1 aromatic carbocycles. The van der Waals surface area contributed by atoms with Crippen LogP contribution in [0.2, 0.25) is 5.02 Å². The molecule has 4 nitrogen and oxygen atoms in total. The van der Waals surface area contributed by atoms with Crippen LogP contribution in [0.25, 0.3) is 0 Å². The van der Waals surface area contributed by atoms with Gasteiger partial charge in [-0.05, 0) is 18.2 Å². The van der Waals surface area contributed by atoms with E-state index in [4.69, 9.17) is 22.4 Å². The minimum absolute atomic E-state index is 0.0923. The van der Waals surface area contributed by atoms with E-state index in [9.17, 15) is 9.18 Å². The lowest BCUT2D eigenvalue weighted by molar-refractivity contribution is -0.118. The third kappa shape index (κ3) is 3.16. The fourth-order valence-corrected chi connectivity index (χ4v) is 1.07. The molecule has 0 aliphatic rings. The van der Waals surface area contributed by atoms with E-state index in [-0.39, 0.29) is 5.02 Å². The first-order valence-corrected chi connectivity index (χ1v) is 4.54. The van der Waals surface area contributed by atoms with E-state index < -0.39 is 24.4 Å². The molecule has 0 saturated heterocycles. The molecule has 1 rings (SSSR count). The number of nitrogens with one attached hydrogen (secondary N) is 1. The number of carbonyl (C=O) groups excluding carboxylic acids is 1. The third-order valence-corrected chi connectivity index (χ3v) is 2.01. The largest absolute Gasteiger partial charge is 0.394 e. The quantitative estimate of drug-likeness (QED) is 0.720. The van der Waals surface area contributed by atoms with Gasteiger partial charge in [0.05, 0.1) is 11.6 Å². The van der Waals surface area contributed by atoms with Gasteiger partial charge in [-0.2, -0.15) is 0 Å². The lowest BCUT2D eigenvalue weighted by Gasteiger charge is -2.09. The standard InChI is InChI=1S/C9H10ClFN2O2/c10-6-3-5(1-2-7(6)11)13-9(15)8(12)4-14/h1-3,8,14H,4,12H2,(H,13,15). The summed E-state index contributed by atoms with van der Waals surface area (Å²) >= 11 is 5.50. The number of hydrogen-bond donors (Lipinski definition) is 3. The van der Waals surface area contributed by atoms with Gasteiger partial charge in [0.25, 0.3) is 0 Å². The summed E-state index contributed by atoms with van der Waals surface area (Å²) in [5.41, 5.74) is 5.59. The smallest absolute Gasteiger partial charge is 0.243 e. The predicted molar refractivity (Wildman–Crippen MR) is 55.1 cm³/mol. The molecule has 0 saturated carbocycles. The van der Waals surface area contributed by atoms with E-state index in [0.29, 0.717) is 5.69 Å². The number of carbonyl (C=O) groups is 1. The molecule has 0 aliphatic carbocycles. The first-order chi connectivity index (χ1) is 7.04. The maximum absolute atomic E-state index is 12.8. The summed E-state index contributed by atoms with van der Waals surface area (Å²) in [6.07, 6.45) is 0. The second-order valence-electron chi connectivity index (χ2n) is 2.91. The Morgan fingerprint density at radius 3 is 2.87 bits per heavy atom. The van der Waals surface area contributed by atoms with Crippen molar-refractivity contribution >= 4 is 23.2 Å². The number of amides is 1. The third-order valence-electron chi connectivity index (χ3n) is 1.72. The zero-order chi connectivity index (χ0) is 11.4. The van der Waals surface area contributed by atoms with Gasteiger partial charge in [0.2, 0.25) is 5.91 Å². The van der Waals surface area contributed by atoms with E-state index in [1.165, 1.54) is 12.1 Å². The highest BCUT2D eigenvalue weighted by molar-refractivity contribution is 6.31. The van der Waals surface area contributed by atoms with Crippen molar-refractivity contribution in [3.63, 3.8) is 0 Å². The van der Waals surface area contributed by atoms with Crippen molar-refractivity contribution < 1.29 is 14.3 Å². The van der Waals surface area contributed by atoms with Crippen LogP contribution in [-0.2, 0) is 4.79 Å². The van der Waals surface area contributed by atoms with Crippen LogP contribution in [0.4, 0.5) is 10.1 Å². The van der Waals surface area contributed by atoms with Crippen LogP contribution in [0.5, 0.6) is 0 Å². The van der Waals surface area contributed by atoms with Crippen LogP contribution in [-0.4, -0.2) is 23.7 Å². The van der Waals surface area contributed by atoms with Gasteiger partial charge < -0.3 is 16.2 Å². The number of benzene rings is 1. The molecule has 15 heavy (non-hydrogen) atoms. The van der Waals surface area contributed by atoms with Gasteiger partial charge in [-0.3, -0.25) is 4.79 Å². The summed E-state index contributed by atoms with van der Waals surface area (Å²) in [6.45, 7) is -0.458. The summed E-state index contributed by atoms with van der Waals surface area (Å²) in [5, 5.41) is 10.9. The van der Waals surface area contributed by atoms with Gasteiger partial charge in [0.1, 0.15) is 11.9 Å². The number of hydrogen-bond acceptors (Lipinski definition) is 3. The topological polar surface area (TPSA) is 75.3 Å². The lowest BCUT2D eigenvalue weighted by Crippen LogP contribution is -2.38. The normalized spacial score (nSPS) is 12.3. The zero-order valence-corrected chi connectivity index (χ0v) is 8.46. The molecule has 0 fully saturated rings. The number of rotatable bonds is 3. The molecule has 1 aromatic rings. The fraction of sp³-hybridized carbons (Fsp3) is 0.222. The molecule has 1 amide bonds. The molecule has 4 N–H and O–H groups in total. The van der Waals surface area contributed by atoms with Crippen molar-refractivity contribution in [2.24, 2.45) is 5.73 Å². The number of aliphatic hydroxyl groups is 1. The second-order valence-corrected chi connectivity index (χ2v) is 3.31. The van der Waals surface area contributed by atoms with Crippen molar-refractivity contribution in [2.45, 2.75) is 6.04 Å². The van der Waals surface area contributed by atoms with Gasteiger partial charge in [0.15, 0.2) is 0 Å². The Labute approximate surface area is 90.8 Å². The Kier molecular flexibility index (Phi) is 4.02. The molecule has 0 heterocycles. The van der Waals surface area contributed by atoms with E-state index in [1.807, 2.05) is 0 Å². The van der Waals surface area contributed by atoms with Crippen molar-refractivity contribution in [3.05, 3.63) is 29.0 Å². The SMILES string of the molecule is NC(CO)C(=O)Nc1ccc(F)c(Cl)c1. The molecule has 0 bridgehead atoms. The van der Waals surface area contributed by atoms with Crippen LogP contribution in [0.15, 0.2) is 18.2 Å². The molecule has 6 heteroatoms. The highest BCUT2D eigenvalue weighted by Crippen LogP contribution is 2.19. The molecule has 1 unspecified atom stereocenters. The highest BCUT2D eigenvalue weighted by Gasteiger charge is 2.12. The van der Waals surface area contributed by atoms with Crippen molar-refractivity contribution in [2.75, 3.05) is 11.9 Å². The van der Waals surface area contributed by atoms with Crippen molar-refractivity contribution in [1.29, 1.82) is 0 Å². The van der Waals surface area contributed by atoms with Gasteiger partial charge in [-0.25, -0.2) is 4.39 Å². The van der Waals surface area contributed by atoms with Crippen LogP contribution in [0.3, 0.4) is 0 Å². The van der Waals surface area contributed by atoms with Crippen LogP contribution in [0, 0.1) is 5.82 Å². The van der Waals surface area contributed by atoms with Crippen molar-refractivity contribution in [1.82, 2.24) is 0 Å². The molecule has 0 spiro atoms. The minimum atomic E-state index is -1.01. The molecule has 0 aromatic heterocycles. The van der Waals surface area contributed by atoms with Gasteiger partial charge in [-0.1, -0.05) is 11.6 Å². The molecular weight excluding hydrogens is 223 g/mol. The molecule has 82 valence electrons. The molecule has 1 atom stereocenters. The molecule has 0 radical (unpaired) electrons. The first kappa shape index (κ1) is 11.9. The van der Waals surface area contributed by atoms with Gasteiger partial charge in [0, 0.05) is 5.69 Å². The summed E-state index contributed by atoms with van der Waals surface area (Å²) in [5.74, 6) is -1.12. The molecule has 0 aliphatic heterocycles. The monoisotopic (exact) mass is 232 g/mol.